The lowest BCUT2D eigenvalue weighted by molar-refractivity contribution is 0.0240. The molecule has 1 saturated heterocycles. The van der Waals surface area contributed by atoms with E-state index in [2.05, 4.69) is 20.3 Å². The number of aliphatic hydroxyl groups excluding tert-OH is 1. The Morgan fingerprint density at radius 1 is 1.16 bits per heavy atom. The van der Waals surface area contributed by atoms with Crippen LogP contribution in [0.4, 0.5) is 20.6 Å². The monoisotopic (exact) mass is 524 g/mol. The molecule has 200 valence electrons. The van der Waals surface area contributed by atoms with Crippen molar-refractivity contribution in [3.8, 4) is 0 Å². The topological polar surface area (TPSA) is 126 Å². The van der Waals surface area contributed by atoms with E-state index in [9.17, 15) is 19.1 Å². The number of hydrogen-bond donors (Lipinski definition) is 2. The van der Waals surface area contributed by atoms with Crippen LogP contribution in [-0.4, -0.2) is 68.6 Å². The number of rotatable bonds is 4. The minimum atomic E-state index is -0.676. The minimum Gasteiger partial charge on any atom is -0.444 e. The number of piperazine rings is 1. The third-order valence-electron chi connectivity index (χ3n) is 6.17. The Morgan fingerprint density at radius 2 is 1.89 bits per heavy atom. The lowest BCUT2D eigenvalue weighted by Crippen LogP contribution is -2.50. The summed E-state index contributed by atoms with van der Waals surface area (Å²) in [5.74, 6) is -1.15. The van der Waals surface area contributed by atoms with Crippen LogP contribution in [0.25, 0.3) is 22.0 Å². The van der Waals surface area contributed by atoms with Gasteiger partial charge < -0.3 is 29.4 Å². The molecule has 2 aromatic carbocycles. The summed E-state index contributed by atoms with van der Waals surface area (Å²) in [6, 6.07) is 6.15. The minimum absolute atomic E-state index is 0.0138. The van der Waals surface area contributed by atoms with Gasteiger partial charge in [0.05, 0.1) is 5.56 Å². The average Bonchev–Trinajstić information content (AvgIpc) is 3.45. The molecule has 2 N–H and O–H groups in total. The second kappa shape index (κ2) is 9.60. The van der Waals surface area contributed by atoms with Crippen LogP contribution in [0.5, 0.6) is 0 Å². The van der Waals surface area contributed by atoms with Crippen molar-refractivity contribution in [2.75, 3.05) is 36.4 Å². The molecule has 0 atom stereocenters. The highest BCUT2D eigenvalue weighted by atomic mass is 19.1. The highest BCUT2D eigenvalue weighted by molar-refractivity contribution is 6.14. The van der Waals surface area contributed by atoms with Gasteiger partial charge in [-0.25, -0.2) is 14.2 Å². The second-order valence-electron chi connectivity index (χ2n) is 10.2. The molecule has 0 unspecified atom stereocenters. The first kappa shape index (κ1) is 25.5. The molecule has 0 bridgehead atoms. The van der Waals surface area contributed by atoms with Gasteiger partial charge in [-0.05, 0) is 39.0 Å². The number of aromatic nitrogens is 3. The van der Waals surface area contributed by atoms with E-state index in [0.29, 0.717) is 37.3 Å². The van der Waals surface area contributed by atoms with E-state index in [1.54, 1.807) is 22.7 Å². The number of halogens is 1. The van der Waals surface area contributed by atoms with E-state index in [4.69, 9.17) is 9.15 Å². The highest BCUT2D eigenvalue weighted by Gasteiger charge is 2.27. The summed E-state index contributed by atoms with van der Waals surface area (Å²) < 4.78 is 27.0. The van der Waals surface area contributed by atoms with Crippen molar-refractivity contribution in [1.29, 1.82) is 0 Å². The van der Waals surface area contributed by atoms with Crippen molar-refractivity contribution in [3.63, 3.8) is 0 Å². The van der Waals surface area contributed by atoms with Gasteiger partial charge in [0, 0.05) is 62.3 Å². The van der Waals surface area contributed by atoms with Crippen LogP contribution >= 0.6 is 0 Å². The van der Waals surface area contributed by atoms with Gasteiger partial charge in [0.25, 0.3) is 5.91 Å². The van der Waals surface area contributed by atoms with Crippen LogP contribution in [0.2, 0.25) is 0 Å². The van der Waals surface area contributed by atoms with E-state index in [-0.39, 0.29) is 28.8 Å². The van der Waals surface area contributed by atoms with Crippen LogP contribution in [0.1, 0.15) is 37.0 Å². The Morgan fingerprint density at radius 3 is 2.58 bits per heavy atom. The Hall–Kier alpha value is -4.19. The summed E-state index contributed by atoms with van der Waals surface area (Å²) in [7, 11) is 1.78. The van der Waals surface area contributed by atoms with Gasteiger partial charge in [-0.3, -0.25) is 9.48 Å². The summed E-state index contributed by atoms with van der Waals surface area (Å²) in [4.78, 5) is 33.4. The number of aliphatic hydroxyl groups is 1. The fraction of sp³-hybridized carbons (Fsp3) is 0.385. The molecule has 0 radical (unpaired) electrons. The number of hydrogen-bond acceptors (Lipinski definition) is 8. The number of aryl methyl sites for hydroxylation is 1. The van der Waals surface area contributed by atoms with Gasteiger partial charge in [-0.15, -0.1) is 0 Å². The molecule has 1 aliphatic heterocycles. The molecule has 0 spiro atoms. The number of ether oxygens (including phenoxy) is 1. The first-order valence-electron chi connectivity index (χ1n) is 12.2. The molecule has 0 saturated carbocycles. The number of nitrogens with one attached hydrogen (secondary N) is 1. The Balaban J connectivity index is 1.37. The number of carbonyl (C=O) groups excluding carboxylic acids is 2. The third kappa shape index (κ3) is 4.99. The van der Waals surface area contributed by atoms with E-state index < -0.39 is 23.9 Å². The van der Waals surface area contributed by atoms with Gasteiger partial charge in [-0.1, -0.05) is 0 Å². The normalized spacial score (nSPS) is 14.4. The zero-order valence-corrected chi connectivity index (χ0v) is 21.6. The molecule has 2 amide bonds. The van der Waals surface area contributed by atoms with Gasteiger partial charge in [0.15, 0.2) is 11.4 Å². The Kier molecular flexibility index (Phi) is 6.43. The molecule has 1 fully saturated rings. The van der Waals surface area contributed by atoms with E-state index >= 15 is 0 Å². The molecular formula is C26H29FN6O5. The molecular weight excluding hydrogens is 495 g/mol. The Labute approximate surface area is 217 Å². The predicted molar refractivity (Wildman–Crippen MR) is 139 cm³/mol. The molecule has 5 rings (SSSR count). The molecule has 11 nitrogen and oxygen atoms in total. The number of nitrogens with zero attached hydrogens (tertiary/aromatic N) is 5. The average molecular weight is 525 g/mol. The molecule has 12 heteroatoms. The van der Waals surface area contributed by atoms with Crippen LogP contribution in [0.15, 0.2) is 34.9 Å². The number of benzene rings is 2. The first-order chi connectivity index (χ1) is 18.0. The fourth-order valence-corrected chi connectivity index (χ4v) is 4.49. The zero-order chi connectivity index (χ0) is 27.2. The van der Waals surface area contributed by atoms with E-state index in [1.807, 2.05) is 33.0 Å². The number of amides is 2. The van der Waals surface area contributed by atoms with Crippen molar-refractivity contribution < 1.29 is 28.2 Å². The molecule has 38 heavy (non-hydrogen) atoms. The number of fused-ring (bicyclic) bond motifs is 2. The van der Waals surface area contributed by atoms with Gasteiger partial charge in [-0.2, -0.15) is 5.10 Å². The largest absolute Gasteiger partial charge is 0.444 e. The first-order valence-corrected chi connectivity index (χ1v) is 12.2. The molecule has 4 aromatic rings. The summed E-state index contributed by atoms with van der Waals surface area (Å²) >= 11 is 0. The van der Waals surface area contributed by atoms with Crippen LogP contribution in [0.3, 0.4) is 0 Å². The van der Waals surface area contributed by atoms with Crippen LogP contribution in [0, 0.1) is 5.82 Å². The maximum Gasteiger partial charge on any atom is 0.410 e. The number of anilines is 2. The van der Waals surface area contributed by atoms with Gasteiger partial charge in [0.1, 0.15) is 23.2 Å². The quantitative estimate of drug-likeness (QED) is 0.414. The molecule has 3 heterocycles. The summed E-state index contributed by atoms with van der Waals surface area (Å²) in [5, 5.41) is 17.2. The van der Waals surface area contributed by atoms with E-state index in [1.165, 1.54) is 6.07 Å². The lowest BCUT2D eigenvalue weighted by Gasteiger charge is -2.37. The number of oxazole rings is 1. The summed E-state index contributed by atoms with van der Waals surface area (Å²) in [6.45, 7) is 7.27. The summed E-state index contributed by atoms with van der Waals surface area (Å²) in [5.41, 5.74) is 1.46. The molecule has 1 aliphatic rings. The van der Waals surface area contributed by atoms with E-state index in [0.717, 1.165) is 17.1 Å². The fourth-order valence-electron chi connectivity index (χ4n) is 4.49. The zero-order valence-electron chi connectivity index (χ0n) is 21.6. The predicted octanol–water partition coefficient (Wildman–Crippen LogP) is 3.66. The smallest absolute Gasteiger partial charge is 0.410 e. The molecule has 2 aromatic heterocycles. The number of carbonyl (C=O) groups is 2. The van der Waals surface area contributed by atoms with Crippen molar-refractivity contribution in [3.05, 3.63) is 47.7 Å². The highest BCUT2D eigenvalue weighted by Crippen LogP contribution is 2.31. The maximum atomic E-state index is 14.5. The van der Waals surface area contributed by atoms with Gasteiger partial charge in [0.2, 0.25) is 5.89 Å². The Bertz CT molecular complexity index is 1530. The standard InChI is InChI=1S/C26H29FN6O5/c1-26(2,3)38-25(36)33-9-7-32(8-10-33)19-6-5-16(22-17(19)13-31(4)30-22)24(35)28-15-11-18(27)23-20(12-15)37-21(14-34)29-23/h5-6,11-13,34H,7-10,14H2,1-4H3,(H,28,35). The summed E-state index contributed by atoms with van der Waals surface area (Å²) in [6.07, 6.45) is 1.52. The van der Waals surface area contributed by atoms with Crippen molar-refractivity contribution in [2.24, 2.45) is 7.05 Å². The molecule has 0 aliphatic carbocycles. The van der Waals surface area contributed by atoms with Crippen molar-refractivity contribution >= 4 is 45.4 Å². The maximum absolute atomic E-state index is 14.5. The lowest BCUT2D eigenvalue weighted by atomic mass is 10.1. The van der Waals surface area contributed by atoms with Crippen LogP contribution in [-0.2, 0) is 18.4 Å². The van der Waals surface area contributed by atoms with Gasteiger partial charge >= 0.3 is 6.09 Å². The van der Waals surface area contributed by atoms with Crippen LogP contribution < -0.4 is 10.2 Å². The second-order valence-corrected chi connectivity index (χ2v) is 10.2. The van der Waals surface area contributed by atoms with Crippen molar-refractivity contribution in [2.45, 2.75) is 33.0 Å². The SMILES string of the molecule is Cn1cc2c(N3CCN(C(=O)OC(C)(C)C)CC3)ccc(C(=O)Nc3cc(F)c4nc(CO)oc4c3)c2n1. The van der Waals surface area contributed by atoms with Crippen molar-refractivity contribution in [1.82, 2.24) is 19.7 Å². The third-order valence-corrected chi connectivity index (χ3v) is 6.17.